The number of methoxy groups -OCH3 is 2. The van der Waals surface area contributed by atoms with Gasteiger partial charge >= 0.3 is 0 Å². The number of hydrogen-bond donors (Lipinski definition) is 1. The van der Waals surface area contributed by atoms with Crippen molar-refractivity contribution >= 4 is 39.8 Å². The molecule has 0 spiro atoms. The third kappa shape index (κ3) is 8.55. The summed E-state index contributed by atoms with van der Waals surface area (Å²) in [6, 6.07) is 5.85. The molecule has 1 N–H and O–H groups in total. The van der Waals surface area contributed by atoms with Crippen molar-refractivity contribution in [3.05, 3.63) is 23.8 Å². The van der Waals surface area contributed by atoms with Gasteiger partial charge in [0.25, 0.3) is 0 Å². The van der Waals surface area contributed by atoms with Gasteiger partial charge in [0, 0.05) is 51.1 Å². The van der Waals surface area contributed by atoms with Crippen molar-refractivity contribution in [1.82, 2.24) is 15.1 Å². The molecule has 10 heteroatoms. The molecule has 0 unspecified atom stereocenters. The highest BCUT2D eigenvalue weighted by Gasteiger charge is 2.21. The van der Waals surface area contributed by atoms with Gasteiger partial charge in [0.15, 0.2) is 5.96 Å². The van der Waals surface area contributed by atoms with Gasteiger partial charge in [-0.25, -0.2) is 8.42 Å². The van der Waals surface area contributed by atoms with Gasteiger partial charge in [-0.3, -0.25) is 9.89 Å². The molecular formula is C19H33IN4O4S. The Morgan fingerprint density at radius 3 is 2.41 bits per heavy atom. The molecule has 0 saturated carbocycles. The highest BCUT2D eigenvalue weighted by Crippen LogP contribution is 2.25. The van der Waals surface area contributed by atoms with Crippen LogP contribution in [0.3, 0.4) is 0 Å². The van der Waals surface area contributed by atoms with Crippen molar-refractivity contribution in [2.24, 2.45) is 4.99 Å². The third-order valence-electron chi connectivity index (χ3n) is 4.61. The molecule has 0 atom stereocenters. The Labute approximate surface area is 191 Å². The molecular weight excluding hydrogens is 507 g/mol. The van der Waals surface area contributed by atoms with Crippen molar-refractivity contribution in [3.8, 4) is 11.5 Å². The average molecular weight is 540 g/mol. The normalized spacial score (nSPS) is 15.6. The molecule has 8 nitrogen and oxygen atoms in total. The number of nitrogens with zero attached hydrogens (tertiary/aromatic N) is 3. The first-order valence-electron chi connectivity index (χ1n) is 9.50. The number of sulfone groups is 1. The third-order valence-corrected chi connectivity index (χ3v) is 5.54. The lowest BCUT2D eigenvalue weighted by atomic mass is 10.1. The first-order valence-corrected chi connectivity index (χ1v) is 11.6. The smallest absolute Gasteiger partial charge is 0.194 e. The number of hydrogen-bond acceptors (Lipinski definition) is 6. The molecule has 1 aliphatic rings. The largest absolute Gasteiger partial charge is 0.497 e. The lowest BCUT2D eigenvalue weighted by Crippen LogP contribution is -2.52. The zero-order chi connectivity index (χ0) is 20.6. The summed E-state index contributed by atoms with van der Waals surface area (Å²) in [5, 5.41) is 3.26. The summed E-state index contributed by atoms with van der Waals surface area (Å²) in [4.78, 5) is 9.03. The number of piperazine rings is 1. The lowest BCUT2D eigenvalue weighted by Gasteiger charge is -2.36. The highest BCUT2D eigenvalue weighted by atomic mass is 127. The van der Waals surface area contributed by atoms with E-state index in [4.69, 9.17) is 9.47 Å². The van der Waals surface area contributed by atoms with Crippen LogP contribution in [0.4, 0.5) is 0 Å². The second-order valence-corrected chi connectivity index (χ2v) is 9.07. The van der Waals surface area contributed by atoms with Crippen LogP contribution in [0.5, 0.6) is 11.5 Å². The molecule has 0 bridgehead atoms. The molecule has 1 aromatic carbocycles. The summed E-state index contributed by atoms with van der Waals surface area (Å²) in [6.07, 6.45) is 1.24. The van der Waals surface area contributed by atoms with Crippen LogP contribution < -0.4 is 14.8 Å². The Morgan fingerprint density at radius 2 is 1.86 bits per heavy atom. The summed E-state index contributed by atoms with van der Waals surface area (Å²) in [7, 11) is 0.337. The molecule has 1 aliphatic heterocycles. The van der Waals surface area contributed by atoms with E-state index in [1.807, 2.05) is 25.1 Å². The topological polar surface area (TPSA) is 83.5 Å². The van der Waals surface area contributed by atoms with Crippen LogP contribution >= 0.6 is 24.0 Å². The number of ether oxygens (including phenoxy) is 2. The molecule has 29 heavy (non-hydrogen) atoms. The molecule has 1 fully saturated rings. The van der Waals surface area contributed by atoms with E-state index < -0.39 is 9.84 Å². The molecule has 166 valence electrons. The van der Waals surface area contributed by atoms with Crippen molar-refractivity contribution in [2.45, 2.75) is 13.5 Å². The standard InChI is InChI=1S/C19H32N4O4S.HI/c1-5-20-19(21-8-13-28(4,24)25)23-11-9-22(10-12-23)15-16-14-17(26-2)6-7-18(16)27-3;/h6-7,14H,5,8-13,15H2,1-4H3,(H,20,21);1H. The van der Waals surface area contributed by atoms with Gasteiger partial charge in [-0.1, -0.05) is 0 Å². The van der Waals surface area contributed by atoms with Gasteiger partial charge in [0.05, 0.1) is 26.5 Å². The number of guanidine groups is 1. The van der Waals surface area contributed by atoms with Crippen LogP contribution in [-0.2, 0) is 16.4 Å². The summed E-state index contributed by atoms with van der Waals surface area (Å²) < 4.78 is 33.5. The van der Waals surface area contributed by atoms with E-state index in [9.17, 15) is 8.42 Å². The number of nitrogens with one attached hydrogen (secondary N) is 1. The van der Waals surface area contributed by atoms with Gasteiger partial charge in [-0.15, -0.1) is 24.0 Å². The summed E-state index contributed by atoms with van der Waals surface area (Å²) >= 11 is 0. The quantitative estimate of drug-likeness (QED) is 0.304. The van der Waals surface area contributed by atoms with Crippen LogP contribution in [-0.4, -0.2) is 89.7 Å². The second-order valence-electron chi connectivity index (χ2n) is 6.81. The number of halogens is 1. The minimum atomic E-state index is -3.00. The van der Waals surface area contributed by atoms with Crippen LogP contribution in [0.25, 0.3) is 0 Å². The molecule has 1 heterocycles. The zero-order valence-electron chi connectivity index (χ0n) is 17.7. The summed E-state index contributed by atoms with van der Waals surface area (Å²) in [6.45, 7) is 7.26. The van der Waals surface area contributed by atoms with Gasteiger partial charge in [0.1, 0.15) is 21.3 Å². The van der Waals surface area contributed by atoms with Crippen LogP contribution in [0.2, 0.25) is 0 Å². The zero-order valence-corrected chi connectivity index (χ0v) is 20.8. The van der Waals surface area contributed by atoms with Gasteiger partial charge in [-0.05, 0) is 25.1 Å². The minimum absolute atomic E-state index is 0. The number of rotatable bonds is 8. The first kappa shape index (κ1) is 25.8. The lowest BCUT2D eigenvalue weighted by molar-refractivity contribution is 0.171. The maximum atomic E-state index is 11.3. The number of benzene rings is 1. The molecule has 1 saturated heterocycles. The minimum Gasteiger partial charge on any atom is -0.497 e. The first-order chi connectivity index (χ1) is 13.4. The van der Waals surface area contributed by atoms with E-state index in [1.54, 1.807) is 14.2 Å². The molecule has 0 amide bonds. The van der Waals surface area contributed by atoms with E-state index in [0.717, 1.165) is 62.3 Å². The van der Waals surface area contributed by atoms with Crippen LogP contribution in [0, 0.1) is 0 Å². The monoisotopic (exact) mass is 540 g/mol. The van der Waals surface area contributed by atoms with E-state index in [0.29, 0.717) is 0 Å². The predicted octanol–water partition coefficient (Wildman–Crippen LogP) is 1.45. The van der Waals surface area contributed by atoms with E-state index in [-0.39, 0.29) is 36.3 Å². The van der Waals surface area contributed by atoms with Gasteiger partial charge in [-0.2, -0.15) is 0 Å². The van der Waals surface area contributed by atoms with Crippen molar-refractivity contribution in [2.75, 3.05) is 65.5 Å². The predicted molar refractivity (Wildman–Crippen MR) is 128 cm³/mol. The molecule has 1 aromatic rings. The van der Waals surface area contributed by atoms with Crippen molar-refractivity contribution < 1.29 is 17.9 Å². The van der Waals surface area contributed by atoms with Crippen LogP contribution in [0.1, 0.15) is 12.5 Å². The van der Waals surface area contributed by atoms with Crippen LogP contribution in [0.15, 0.2) is 23.2 Å². The Kier molecular flexibility index (Phi) is 11.0. The van der Waals surface area contributed by atoms with Crippen molar-refractivity contribution in [1.29, 1.82) is 0 Å². The van der Waals surface area contributed by atoms with Gasteiger partial charge < -0.3 is 19.7 Å². The van der Waals surface area contributed by atoms with Gasteiger partial charge in [0.2, 0.25) is 0 Å². The second kappa shape index (κ2) is 12.4. The average Bonchev–Trinajstić information content (AvgIpc) is 2.67. The Balaban J connectivity index is 0.00000420. The molecule has 2 rings (SSSR count). The number of aliphatic imine (C=N–C) groups is 1. The summed E-state index contributed by atoms with van der Waals surface area (Å²) in [5.41, 5.74) is 1.10. The fourth-order valence-corrected chi connectivity index (χ4v) is 3.53. The molecule has 0 radical (unpaired) electrons. The highest BCUT2D eigenvalue weighted by molar-refractivity contribution is 14.0. The Hall–Kier alpha value is -1.27. The molecule has 0 aliphatic carbocycles. The maximum absolute atomic E-state index is 11.3. The summed E-state index contributed by atoms with van der Waals surface area (Å²) in [5.74, 6) is 2.53. The van der Waals surface area contributed by atoms with E-state index in [2.05, 4.69) is 20.1 Å². The van der Waals surface area contributed by atoms with E-state index in [1.165, 1.54) is 6.26 Å². The maximum Gasteiger partial charge on any atom is 0.194 e. The SMILES string of the molecule is CCNC(=NCCS(C)(=O)=O)N1CCN(Cc2cc(OC)ccc2OC)CC1.I. The van der Waals surface area contributed by atoms with E-state index >= 15 is 0 Å². The Morgan fingerprint density at radius 1 is 1.17 bits per heavy atom. The fraction of sp³-hybridized carbons (Fsp3) is 0.632. The van der Waals surface area contributed by atoms with Crippen molar-refractivity contribution in [3.63, 3.8) is 0 Å². The fourth-order valence-electron chi connectivity index (χ4n) is 3.11. The molecule has 0 aromatic heterocycles. The Bertz CT molecular complexity index is 765.